The normalized spacial score (nSPS) is 23.4. The molecule has 3 saturated heterocycles. The highest BCUT2D eigenvalue weighted by Gasteiger charge is 2.64. The standard InChI is InChI=1S/C18H25BO4.C13H13F3O5S.C12H24B2O4/c1-17(2)18(3,4)23-19(22-17)16-11-15(10-9-13(16)12-20)21-14-7-5-6-8-14;14-13(15,16)22(18,19)21-12-7-11(6-5-9(12)8-17)20-10-3-1-2-4-10;1-9(2)10(3,4)16-13(15-9)14-17-11(5,6)12(7,8)18-14/h9-12,14H,5-8H2,1-4H3;5-8,10H,1-4H2;1-8H3. The minimum atomic E-state index is -5.84. The van der Waals surface area contributed by atoms with Gasteiger partial charge in [-0.2, -0.15) is 21.6 Å². The van der Waals surface area contributed by atoms with Crippen LogP contribution >= 0.6 is 0 Å². The summed E-state index contributed by atoms with van der Waals surface area (Å²) in [6.45, 7) is 24.2. The van der Waals surface area contributed by atoms with Crippen LogP contribution in [-0.4, -0.2) is 93.4 Å². The van der Waals surface area contributed by atoms with E-state index in [2.05, 4.69) is 4.18 Å². The van der Waals surface area contributed by atoms with Crippen LogP contribution in [-0.2, 0) is 38.0 Å². The summed E-state index contributed by atoms with van der Waals surface area (Å²) >= 11 is 0. The largest absolute Gasteiger partial charge is 0.534 e. The number of ether oxygens (including phenoxy) is 2. The number of carbonyl (C=O) groups is 2. The Labute approximate surface area is 371 Å². The smallest absolute Gasteiger partial charge is 0.490 e. The number of halogens is 3. The van der Waals surface area contributed by atoms with Gasteiger partial charge in [0.25, 0.3) is 0 Å². The number of hydrogen-bond donors (Lipinski definition) is 0. The molecule has 7 rings (SSSR count). The van der Waals surface area contributed by atoms with E-state index in [1.807, 2.05) is 95.2 Å². The number of hydrogen-bond acceptors (Lipinski definition) is 13. The first-order valence-corrected chi connectivity index (χ1v) is 22.9. The van der Waals surface area contributed by atoms with E-state index >= 15 is 0 Å². The maximum atomic E-state index is 12.4. The second kappa shape index (κ2) is 18.6. The molecule has 0 bridgehead atoms. The van der Waals surface area contributed by atoms with Gasteiger partial charge in [0.1, 0.15) is 17.8 Å². The predicted molar refractivity (Wildman–Crippen MR) is 233 cm³/mol. The van der Waals surface area contributed by atoms with Gasteiger partial charge in [0, 0.05) is 11.6 Å². The zero-order valence-corrected chi connectivity index (χ0v) is 39.3. The Morgan fingerprint density at radius 3 is 1.29 bits per heavy atom. The van der Waals surface area contributed by atoms with Gasteiger partial charge in [-0.25, -0.2) is 0 Å². The van der Waals surface area contributed by atoms with E-state index in [4.69, 9.17) is 37.4 Å². The minimum absolute atomic E-state index is 0.0749. The van der Waals surface area contributed by atoms with Crippen molar-refractivity contribution in [1.29, 1.82) is 0 Å². The molecule has 2 aromatic rings. The first-order valence-electron chi connectivity index (χ1n) is 21.5. The van der Waals surface area contributed by atoms with Crippen LogP contribution in [0, 0.1) is 0 Å². The van der Waals surface area contributed by atoms with Gasteiger partial charge in [-0.1, -0.05) is 0 Å². The van der Waals surface area contributed by atoms with E-state index in [1.165, 1.54) is 18.9 Å². The average Bonchev–Trinajstić information content (AvgIpc) is 3.98. The molecule has 2 aliphatic carbocycles. The van der Waals surface area contributed by atoms with Gasteiger partial charge >= 0.3 is 36.8 Å². The Kier molecular flexibility index (Phi) is 15.0. The van der Waals surface area contributed by atoms with Crippen molar-refractivity contribution in [2.45, 2.75) is 186 Å². The fourth-order valence-electron chi connectivity index (χ4n) is 7.23. The van der Waals surface area contributed by atoms with Crippen molar-refractivity contribution in [3.63, 3.8) is 0 Å². The lowest BCUT2D eigenvalue weighted by Crippen LogP contribution is -2.41. The quantitative estimate of drug-likeness (QED) is 0.0972. The zero-order chi connectivity index (χ0) is 47.0. The molecule has 348 valence electrons. The molecular formula is C43H62B3F3O13S. The number of carbonyl (C=O) groups excluding carboxylic acids is 2. The van der Waals surface area contributed by atoms with Gasteiger partial charge in [0.05, 0.1) is 51.4 Å². The Morgan fingerprint density at radius 2 is 0.921 bits per heavy atom. The number of aldehydes is 2. The van der Waals surface area contributed by atoms with Crippen molar-refractivity contribution in [1.82, 2.24) is 0 Å². The van der Waals surface area contributed by atoms with Crippen LogP contribution < -0.4 is 19.1 Å². The molecule has 0 spiro atoms. The Hall–Kier alpha value is -3.13. The van der Waals surface area contributed by atoms with Crippen molar-refractivity contribution < 1.29 is 72.8 Å². The SMILES string of the molecule is CC1(C)OB(B2OC(C)(C)C(C)(C)O2)OC1(C)C.CC1(C)OB(c2cc(OC3CCCC3)ccc2C=O)OC1(C)C.O=Cc1ccc(OC2CCCC2)cc1OS(=O)(=O)C(F)(F)F. The molecule has 0 radical (unpaired) electrons. The molecule has 5 aliphatic rings. The monoisotopic (exact) mass is 908 g/mol. The molecular weight excluding hydrogens is 846 g/mol. The van der Waals surface area contributed by atoms with Crippen LogP contribution in [0.3, 0.4) is 0 Å². The van der Waals surface area contributed by atoms with Crippen LogP contribution in [0.25, 0.3) is 0 Å². The Balaban J connectivity index is 0.000000180. The minimum Gasteiger partial charge on any atom is -0.490 e. The summed E-state index contributed by atoms with van der Waals surface area (Å²) in [6.07, 6.45) is 9.51. The molecule has 0 atom stereocenters. The highest BCUT2D eigenvalue weighted by atomic mass is 32.2. The molecule has 3 aliphatic heterocycles. The highest BCUT2D eigenvalue weighted by Crippen LogP contribution is 2.43. The van der Waals surface area contributed by atoms with Crippen molar-refractivity contribution in [3.8, 4) is 17.2 Å². The zero-order valence-electron chi connectivity index (χ0n) is 38.5. The third kappa shape index (κ3) is 11.6. The third-order valence-electron chi connectivity index (χ3n) is 13.3. The van der Waals surface area contributed by atoms with E-state index in [9.17, 15) is 31.2 Å². The first kappa shape index (κ1) is 50.9. The maximum absolute atomic E-state index is 12.4. The van der Waals surface area contributed by atoms with E-state index in [-0.39, 0.29) is 52.2 Å². The van der Waals surface area contributed by atoms with Crippen molar-refractivity contribution in [2.24, 2.45) is 0 Å². The van der Waals surface area contributed by atoms with Crippen LogP contribution in [0.5, 0.6) is 17.2 Å². The van der Waals surface area contributed by atoms with Gasteiger partial charge in [-0.05, 0) is 170 Å². The van der Waals surface area contributed by atoms with Crippen LogP contribution in [0.2, 0.25) is 0 Å². The molecule has 0 unspecified atom stereocenters. The Bertz CT molecular complexity index is 1970. The lowest BCUT2D eigenvalue weighted by atomic mass is 9.49. The number of rotatable bonds is 10. The summed E-state index contributed by atoms with van der Waals surface area (Å²) in [6, 6.07) is 9.05. The third-order valence-corrected chi connectivity index (χ3v) is 14.2. The molecule has 3 heterocycles. The predicted octanol–water partition coefficient (Wildman–Crippen LogP) is 8.42. The van der Waals surface area contributed by atoms with Gasteiger partial charge < -0.3 is 41.6 Å². The molecule has 2 saturated carbocycles. The van der Waals surface area contributed by atoms with Crippen molar-refractivity contribution in [3.05, 3.63) is 47.5 Å². The Morgan fingerprint density at radius 1 is 0.571 bits per heavy atom. The maximum Gasteiger partial charge on any atom is 0.534 e. The van der Waals surface area contributed by atoms with E-state index in [0.29, 0.717) is 5.56 Å². The van der Waals surface area contributed by atoms with E-state index in [0.717, 1.165) is 68.2 Å². The fourth-order valence-corrected chi connectivity index (χ4v) is 7.70. The number of benzene rings is 2. The fraction of sp³-hybridized carbons (Fsp3) is 0.674. The van der Waals surface area contributed by atoms with Crippen molar-refractivity contribution in [2.75, 3.05) is 0 Å². The van der Waals surface area contributed by atoms with Gasteiger partial charge in [0.15, 0.2) is 12.0 Å². The molecule has 0 N–H and O–H groups in total. The second-order valence-electron chi connectivity index (χ2n) is 19.6. The van der Waals surface area contributed by atoms with Crippen LogP contribution in [0.15, 0.2) is 36.4 Å². The van der Waals surface area contributed by atoms with Crippen LogP contribution in [0.1, 0.15) is 155 Å². The topological polar surface area (TPSA) is 151 Å². The molecule has 20 heteroatoms. The molecule has 63 heavy (non-hydrogen) atoms. The molecule has 0 aromatic heterocycles. The second-order valence-corrected chi connectivity index (χ2v) is 21.1. The molecule has 2 aromatic carbocycles. The summed E-state index contributed by atoms with van der Waals surface area (Å²) < 4.78 is 111. The van der Waals surface area contributed by atoms with Gasteiger partial charge in [-0.3, -0.25) is 9.59 Å². The molecule has 13 nitrogen and oxygen atoms in total. The van der Waals surface area contributed by atoms with E-state index in [1.54, 1.807) is 6.07 Å². The summed E-state index contributed by atoms with van der Waals surface area (Å²) in [4.78, 5) is 22.2. The van der Waals surface area contributed by atoms with Crippen molar-refractivity contribution >= 4 is 49.3 Å². The highest BCUT2D eigenvalue weighted by molar-refractivity contribution is 7.88. The summed E-state index contributed by atoms with van der Waals surface area (Å²) in [5.74, 6) is 0.236. The van der Waals surface area contributed by atoms with Crippen LogP contribution in [0.4, 0.5) is 13.2 Å². The average molecular weight is 908 g/mol. The van der Waals surface area contributed by atoms with E-state index < -0.39 is 53.7 Å². The van der Waals surface area contributed by atoms with Gasteiger partial charge in [-0.15, -0.1) is 0 Å². The number of alkyl halides is 3. The first-order chi connectivity index (χ1) is 28.9. The summed E-state index contributed by atoms with van der Waals surface area (Å²) in [5.41, 5.74) is -6.86. The molecule has 0 amide bonds. The molecule has 5 fully saturated rings. The lowest BCUT2D eigenvalue weighted by Gasteiger charge is -2.32. The summed E-state index contributed by atoms with van der Waals surface area (Å²) in [5, 5.41) is 0. The van der Waals surface area contributed by atoms with Gasteiger partial charge in [0.2, 0.25) is 0 Å². The summed E-state index contributed by atoms with van der Waals surface area (Å²) in [7, 11) is -7.34. The lowest BCUT2D eigenvalue weighted by molar-refractivity contribution is -0.0500.